The number of amides is 1. The second-order valence-electron chi connectivity index (χ2n) is 6.49. The molecule has 1 amide bonds. The maximum Gasteiger partial charge on any atom is 0.232 e. The number of rotatable bonds is 5. The number of hydrogen-bond donors (Lipinski definition) is 1. The Balaban J connectivity index is 1.48. The van der Waals surface area contributed by atoms with Crippen LogP contribution in [0.3, 0.4) is 0 Å². The van der Waals surface area contributed by atoms with Gasteiger partial charge in [-0.15, -0.1) is 0 Å². The Morgan fingerprint density at radius 1 is 1.38 bits per heavy atom. The molecule has 2 aromatic heterocycles. The van der Waals surface area contributed by atoms with Gasteiger partial charge in [0, 0.05) is 45.4 Å². The van der Waals surface area contributed by atoms with E-state index in [0.717, 1.165) is 32.4 Å². The lowest BCUT2D eigenvalue weighted by atomic mass is 9.93. The molecule has 0 spiro atoms. The minimum absolute atomic E-state index is 0.127. The van der Waals surface area contributed by atoms with Crippen molar-refractivity contribution in [2.45, 2.75) is 38.5 Å². The van der Waals surface area contributed by atoms with Crippen LogP contribution in [0.1, 0.15) is 48.7 Å². The Bertz CT molecular complexity index is 781. The summed E-state index contributed by atoms with van der Waals surface area (Å²) in [6, 6.07) is 6.11. The van der Waals surface area contributed by atoms with Gasteiger partial charge in [0.1, 0.15) is 6.07 Å². The highest BCUT2D eigenvalue weighted by molar-refractivity contribution is 5.76. The van der Waals surface area contributed by atoms with E-state index in [1.807, 2.05) is 23.4 Å². The van der Waals surface area contributed by atoms with Crippen LogP contribution >= 0.6 is 0 Å². The molecule has 0 saturated carbocycles. The second-order valence-corrected chi connectivity index (χ2v) is 6.49. The first kappa shape index (κ1) is 17.9. The molecule has 0 bridgehead atoms. The lowest BCUT2D eigenvalue weighted by molar-refractivity contribution is -0.130. The normalized spacial score (nSPS) is 17.4. The number of nitrogens with zero attached hydrogens (tertiary/aromatic N) is 4. The number of nitrogens with one attached hydrogen (secondary N) is 1. The lowest BCUT2D eigenvalue weighted by Gasteiger charge is -2.21. The zero-order valence-electron chi connectivity index (χ0n) is 14.9. The van der Waals surface area contributed by atoms with Gasteiger partial charge in [-0.1, -0.05) is 0 Å². The maximum atomic E-state index is 12.5. The number of aryl methyl sites for hydroxylation is 1. The van der Waals surface area contributed by atoms with Gasteiger partial charge in [0.05, 0.1) is 0 Å². The summed E-state index contributed by atoms with van der Waals surface area (Å²) in [7, 11) is 0. The summed E-state index contributed by atoms with van der Waals surface area (Å²) in [5.74, 6) is 1.39. The van der Waals surface area contributed by atoms with Gasteiger partial charge in [-0.2, -0.15) is 5.26 Å². The summed E-state index contributed by atoms with van der Waals surface area (Å²) in [6.45, 7) is 3.68. The third kappa shape index (κ3) is 4.39. The van der Waals surface area contributed by atoms with E-state index in [4.69, 9.17) is 9.68 Å². The van der Waals surface area contributed by atoms with Crippen LogP contribution in [0, 0.1) is 18.3 Å². The van der Waals surface area contributed by atoms with Crippen LogP contribution in [0.2, 0.25) is 0 Å². The van der Waals surface area contributed by atoms with Crippen molar-refractivity contribution in [3.05, 3.63) is 41.7 Å². The molecule has 1 unspecified atom stereocenters. The number of aromatic nitrogens is 2. The van der Waals surface area contributed by atoms with E-state index in [9.17, 15) is 4.79 Å². The average Bonchev–Trinajstić information content (AvgIpc) is 2.86. The minimum Gasteiger partial charge on any atom is -0.424 e. The van der Waals surface area contributed by atoms with Gasteiger partial charge in [-0.25, -0.2) is 4.98 Å². The van der Waals surface area contributed by atoms with Crippen LogP contribution in [0.4, 0.5) is 5.88 Å². The molecule has 1 aliphatic heterocycles. The van der Waals surface area contributed by atoms with Crippen LogP contribution < -0.4 is 5.32 Å². The van der Waals surface area contributed by atoms with Gasteiger partial charge in [0.25, 0.3) is 0 Å². The number of nitriles is 1. The first-order chi connectivity index (χ1) is 12.7. The van der Waals surface area contributed by atoms with Crippen LogP contribution in [0.25, 0.3) is 0 Å². The molecule has 0 aromatic carbocycles. The van der Waals surface area contributed by atoms with Crippen molar-refractivity contribution in [1.82, 2.24) is 14.9 Å². The molecule has 26 heavy (non-hydrogen) atoms. The smallest absolute Gasteiger partial charge is 0.232 e. The molecule has 3 rings (SSSR count). The Kier molecular flexibility index (Phi) is 5.84. The van der Waals surface area contributed by atoms with Crippen molar-refractivity contribution in [3.8, 4) is 6.07 Å². The number of likely N-dealkylation sites (tertiary alicyclic amines) is 1. The zero-order valence-corrected chi connectivity index (χ0v) is 14.9. The van der Waals surface area contributed by atoms with Crippen LogP contribution in [0.15, 0.2) is 28.9 Å². The SMILES string of the molecule is Cc1nc(C#N)c(NCCC(=O)N2CCCC(c3ccncc3)CC2)o1. The van der Waals surface area contributed by atoms with E-state index in [1.165, 1.54) is 5.56 Å². The van der Waals surface area contributed by atoms with Gasteiger partial charge in [0.2, 0.25) is 17.5 Å². The topological polar surface area (TPSA) is 95.0 Å². The molecule has 7 nitrogen and oxygen atoms in total. The minimum atomic E-state index is 0.127. The van der Waals surface area contributed by atoms with E-state index in [1.54, 1.807) is 6.92 Å². The molecular weight excluding hydrogens is 330 g/mol. The number of pyridine rings is 1. The fourth-order valence-corrected chi connectivity index (χ4v) is 3.38. The fraction of sp³-hybridized carbons (Fsp3) is 0.474. The highest BCUT2D eigenvalue weighted by atomic mass is 16.4. The quantitative estimate of drug-likeness (QED) is 0.888. The Morgan fingerprint density at radius 2 is 2.19 bits per heavy atom. The van der Waals surface area contributed by atoms with Gasteiger partial charge in [0.15, 0.2) is 5.89 Å². The monoisotopic (exact) mass is 353 g/mol. The van der Waals surface area contributed by atoms with E-state index >= 15 is 0 Å². The van der Waals surface area contributed by atoms with Gasteiger partial charge in [-0.3, -0.25) is 9.78 Å². The molecule has 0 aliphatic carbocycles. The van der Waals surface area contributed by atoms with Crippen molar-refractivity contribution in [1.29, 1.82) is 5.26 Å². The van der Waals surface area contributed by atoms with Gasteiger partial charge in [-0.05, 0) is 42.9 Å². The van der Waals surface area contributed by atoms with Gasteiger partial charge >= 0.3 is 0 Å². The molecule has 2 aromatic rings. The van der Waals surface area contributed by atoms with Gasteiger partial charge < -0.3 is 14.6 Å². The first-order valence-corrected chi connectivity index (χ1v) is 8.96. The average molecular weight is 353 g/mol. The largest absolute Gasteiger partial charge is 0.424 e. The molecular formula is C19H23N5O2. The number of anilines is 1. The first-order valence-electron chi connectivity index (χ1n) is 8.96. The summed E-state index contributed by atoms with van der Waals surface area (Å²) in [5, 5.41) is 12.0. The van der Waals surface area contributed by atoms with Crippen molar-refractivity contribution < 1.29 is 9.21 Å². The predicted octanol–water partition coefficient (Wildman–Crippen LogP) is 2.85. The zero-order chi connectivity index (χ0) is 18.4. The predicted molar refractivity (Wildman–Crippen MR) is 96.5 cm³/mol. The van der Waals surface area contributed by atoms with Crippen LogP contribution in [-0.4, -0.2) is 40.4 Å². The Morgan fingerprint density at radius 3 is 2.96 bits per heavy atom. The van der Waals surface area contributed by atoms with E-state index in [0.29, 0.717) is 30.7 Å². The third-order valence-electron chi connectivity index (χ3n) is 4.72. The van der Waals surface area contributed by atoms with Crippen LogP contribution in [0.5, 0.6) is 0 Å². The summed E-state index contributed by atoms with van der Waals surface area (Å²) in [6.07, 6.45) is 7.10. The number of carbonyl (C=O) groups excluding carboxylic acids is 1. The number of hydrogen-bond acceptors (Lipinski definition) is 6. The maximum absolute atomic E-state index is 12.5. The Hall–Kier alpha value is -2.88. The summed E-state index contributed by atoms with van der Waals surface area (Å²) in [5.41, 5.74) is 1.53. The highest BCUT2D eigenvalue weighted by Crippen LogP contribution is 2.27. The summed E-state index contributed by atoms with van der Waals surface area (Å²) < 4.78 is 5.34. The Labute approximate surface area is 153 Å². The molecule has 1 N–H and O–H groups in total. The molecule has 1 saturated heterocycles. The third-order valence-corrected chi connectivity index (χ3v) is 4.72. The second kappa shape index (κ2) is 8.48. The molecule has 1 atom stereocenters. The molecule has 1 fully saturated rings. The van der Waals surface area contributed by atoms with Crippen molar-refractivity contribution >= 4 is 11.8 Å². The summed E-state index contributed by atoms with van der Waals surface area (Å²) >= 11 is 0. The lowest BCUT2D eigenvalue weighted by Crippen LogP contribution is -2.33. The van der Waals surface area contributed by atoms with Crippen LogP contribution in [-0.2, 0) is 4.79 Å². The van der Waals surface area contributed by atoms with E-state index < -0.39 is 0 Å². The van der Waals surface area contributed by atoms with E-state index in [2.05, 4.69) is 27.4 Å². The molecule has 0 radical (unpaired) electrons. The molecule has 136 valence electrons. The standard InChI is InChI=1S/C19H23N5O2/c1-14-23-17(13-20)19(26-14)22-10-6-18(25)24-11-2-3-15(7-12-24)16-4-8-21-9-5-16/h4-5,8-9,15,22H,2-3,6-7,10-12H2,1H3. The van der Waals surface area contributed by atoms with Crippen molar-refractivity contribution in [2.24, 2.45) is 0 Å². The van der Waals surface area contributed by atoms with E-state index in [-0.39, 0.29) is 11.6 Å². The summed E-state index contributed by atoms with van der Waals surface area (Å²) in [4.78, 5) is 22.5. The number of oxazole rings is 1. The molecule has 1 aliphatic rings. The fourth-order valence-electron chi connectivity index (χ4n) is 3.38. The van der Waals surface area contributed by atoms with Crippen molar-refractivity contribution in [3.63, 3.8) is 0 Å². The highest BCUT2D eigenvalue weighted by Gasteiger charge is 2.21. The number of carbonyl (C=O) groups is 1. The molecule has 3 heterocycles. The van der Waals surface area contributed by atoms with Crippen molar-refractivity contribution in [2.75, 3.05) is 25.0 Å². The molecule has 7 heteroatoms.